The van der Waals surface area contributed by atoms with Gasteiger partial charge in [0.25, 0.3) is 0 Å². The normalized spacial score (nSPS) is 12.7. The Labute approximate surface area is 210 Å². The molecule has 0 spiro atoms. The fraction of sp³-hybridized carbons (Fsp3) is 0.481. The third-order valence-electron chi connectivity index (χ3n) is 5.82. The van der Waals surface area contributed by atoms with Crippen molar-refractivity contribution < 1.29 is 18.0 Å². The van der Waals surface area contributed by atoms with E-state index in [2.05, 4.69) is 5.32 Å². The van der Waals surface area contributed by atoms with Gasteiger partial charge in [0.05, 0.1) is 11.9 Å². The van der Waals surface area contributed by atoms with Gasteiger partial charge in [0.2, 0.25) is 21.8 Å². The van der Waals surface area contributed by atoms with Gasteiger partial charge in [-0.1, -0.05) is 42.8 Å². The van der Waals surface area contributed by atoms with Crippen LogP contribution in [0.5, 0.6) is 0 Å². The van der Waals surface area contributed by atoms with Crippen LogP contribution >= 0.6 is 0 Å². The number of aryl methyl sites for hydroxylation is 3. The summed E-state index contributed by atoms with van der Waals surface area (Å²) in [5, 5.41) is 2.96. The van der Waals surface area contributed by atoms with Crippen LogP contribution in [0.4, 0.5) is 5.69 Å². The molecule has 0 aliphatic carbocycles. The van der Waals surface area contributed by atoms with Crippen molar-refractivity contribution in [1.82, 2.24) is 10.2 Å². The lowest BCUT2D eigenvalue weighted by Gasteiger charge is -2.34. The number of hydrogen-bond acceptors (Lipinski definition) is 4. The second-order valence-electron chi connectivity index (χ2n) is 10.2. The SMILES string of the molecule is CCC(C(=O)NC(C)(C)C)N(Cc1ccc(C)cc1)C(=O)CN(c1ccc(C)c(C)c1)S(C)(=O)=O. The first kappa shape index (κ1) is 28.4. The molecule has 1 N–H and O–H groups in total. The van der Waals surface area contributed by atoms with Crippen LogP contribution in [0.3, 0.4) is 0 Å². The monoisotopic (exact) mass is 501 g/mol. The highest BCUT2D eigenvalue weighted by Crippen LogP contribution is 2.23. The molecule has 192 valence electrons. The summed E-state index contributed by atoms with van der Waals surface area (Å²) in [6, 6.07) is 12.3. The Morgan fingerprint density at radius 2 is 1.57 bits per heavy atom. The molecule has 0 radical (unpaired) electrons. The number of carbonyl (C=O) groups excluding carboxylic acids is 2. The Morgan fingerprint density at radius 3 is 2.06 bits per heavy atom. The summed E-state index contributed by atoms with van der Waals surface area (Å²) in [6.45, 7) is 13.1. The predicted octanol–water partition coefficient (Wildman–Crippen LogP) is 4.10. The second-order valence-corrected chi connectivity index (χ2v) is 12.1. The van der Waals surface area contributed by atoms with Crippen LogP contribution in [0.25, 0.3) is 0 Å². The summed E-state index contributed by atoms with van der Waals surface area (Å²) in [5.41, 5.74) is 3.86. The molecule has 2 amide bonds. The van der Waals surface area contributed by atoms with Crippen LogP contribution in [0, 0.1) is 20.8 Å². The van der Waals surface area contributed by atoms with E-state index in [0.29, 0.717) is 12.1 Å². The molecule has 8 heteroatoms. The molecule has 0 heterocycles. The molecule has 0 saturated heterocycles. The molecule has 0 aromatic heterocycles. The molecule has 2 aromatic carbocycles. The Balaban J connectivity index is 2.47. The summed E-state index contributed by atoms with van der Waals surface area (Å²) in [7, 11) is -3.75. The summed E-state index contributed by atoms with van der Waals surface area (Å²) < 4.78 is 26.5. The van der Waals surface area contributed by atoms with Gasteiger partial charge in [-0.15, -0.1) is 0 Å². The van der Waals surface area contributed by atoms with Crippen LogP contribution in [-0.4, -0.2) is 49.5 Å². The minimum absolute atomic E-state index is 0.194. The van der Waals surface area contributed by atoms with E-state index in [-0.39, 0.29) is 12.5 Å². The molecule has 0 aliphatic rings. The van der Waals surface area contributed by atoms with Crippen LogP contribution < -0.4 is 9.62 Å². The smallest absolute Gasteiger partial charge is 0.244 e. The zero-order valence-corrected chi connectivity index (χ0v) is 23.0. The first-order chi connectivity index (χ1) is 16.1. The molecule has 1 atom stereocenters. The van der Waals surface area contributed by atoms with Crippen molar-refractivity contribution in [1.29, 1.82) is 0 Å². The van der Waals surface area contributed by atoms with Gasteiger partial charge in [-0.05, 0) is 76.8 Å². The molecular weight excluding hydrogens is 462 g/mol. The Hall–Kier alpha value is -2.87. The van der Waals surface area contributed by atoms with E-state index in [1.807, 2.05) is 78.8 Å². The highest BCUT2D eigenvalue weighted by atomic mass is 32.2. The molecular formula is C27H39N3O4S. The van der Waals surface area contributed by atoms with E-state index in [9.17, 15) is 18.0 Å². The van der Waals surface area contributed by atoms with Crippen molar-refractivity contribution in [2.24, 2.45) is 0 Å². The average molecular weight is 502 g/mol. The minimum Gasteiger partial charge on any atom is -0.350 e. The number of benzene rings is 2. The van der Waals surface area contributed by atoms with E-state index in [1.165, 1.54) is 4.90 Å². The molecule has 0 fully saturated rings. The van der Waals surface area contributed by atoms with Crippen molar-refractivity contribution in [2.75, 3.05) is 17.1 Å². The zero-order valence-electron chi connectivity index (χ0n) is 22.2. The lowest BCUT2D eigenvalue weighted by atomic mass is 10.1. The lowest BCUT2D eigenvalue weighted by molar-refractivity contribution is -0.141. The Morgan fingerprint density at radius 1 is 0.971 bits per heavy atom. The quantitative estimate of drug-likeness (QED) is 0.560. The molecule has 35 heavy (non-hydrogen) atoms. The third kappa shape index (κ3) is 8.09. The number of nitrogens with one attached hydrogen (secondary N) is 1. The Kier molecular flexibility index (Phi) is 9.11. The number of hydrogen-bond donors (Lipinski definition) is 1. The largest absolute Gasteiger partial charge is 0.350 e. The highest BCUT2D eigenvalue weighted by Gasteiger charge is 2.33. The number of amides is 2. The fourth-order valence-electron chi connectivity index (χ4n) is 3.76. The number of nitrogens with zero attached hydrogens (tertiary/aromatic N) is 2. The van der Waals surface area contributed by atoms with E-state index >= 15 is 0 Å². The van der Waals surface area contributed by atoms with Gasteiger partial charge < -0.3 is 10.2 Å². The lowest BCUT2D eigenvalue weighted by Crippen LogP contribution is -2.55. The molecule has 2 aromatic rings. The molecule has 0 saturated carbocycles. The number of sulfonamides is 1. The maximum absolute atomic E-state index is 13.7. The van der Waals surface area contributed by atoms with Crippen molar-refractivity contribution >= 4 is 27.5 Å². The Bertz CT molecular complexity index is 1150. The molecule has 7 nitrogen and oxygen atoms in total. The third-order valence-corrected chi connectivity index (χ3v) is 6.96. The van der Waals surface area contributed by atoms with E-state index < -0.39 is 34.1 Å². The van der Waals surface area contributed by atoms with Gasteiger partial charge in [-0.25, -0.2) is 8.42 Å². The predicted molar refractivity (Wildman–Crippen MR) is 142 cm³/mol. The van der Waals surface area contributed by atoms with Crippen LogP contribution in [0.2, 0.25) is 0 Å². The van der Waals surface area contributed by atoms with Crippen LogP contribution in [-0.2, 0) is 26.2 Å². The molecule has 0 bridgehead atoms. The average Bonchev–Trinajstić information content (AvgIpc) is 2.73. The van der Waals surface area contributed by atoms with Gasteiger partial charge >= 0.3 is 0 Å². The highest BCUT2D eigenvalue weighted by molar-refractivity contribution is 7.92. The molecule has 0 aliphatic heterocycles. The summed E-state index contributed by atoms with van der Waals surface area (Å²) in [6.07, 6.45) is 1.48. The van der Waals surface area contributed by atoms with Gasteiger partial charge in [-0.3, -0.25) is 13.9 Å². The van der Waals surface area contributed by atoms with E-state index in [0.717, 1.165) is 32.8 Å². The van der Waals surface area contributed by atoms with Crippen molar-refractivity contribution in [2.45, 2.75) is 73.0 Å². The van der Waals surface area contributed by atoms with Gasteiger partial charge in [0.15, 0.2) is 0 Å². The van der Waals surface area contributed by atoms with Crippen molar-refractivity contribution in [3.63, 3.8) is 0 Å². The van der Waals surface area contributed by atoms with Crippen LogP contribution in [0.15, 0.2) is 42.5 Å². The summed E-state index contributed by atoms with van der Waals surface area (Å²) in [4.78, 5) is 28.4. The first-order valence-corrected chi connectivity index (χ1v) is 13.7. The number of rotatable bonds is 9. The first-order valence-electron chi connectivity index (χ1n) is 11.8. The zero-order chi connectivity index (χ0) is 26.6. The van der Waals surface area contributed by atoms with Gasteiger partial charge in [0.1, 0.15) is 12.6 Å². The van der Waals surface area contributed by atoms with Crippen LogP contribution in [0.1, 0.15) is 56.4 Å². The van der Waals surface area contributed by atoms with Gasteiger partial charge in [-0.2, -0.15) is 0 Å². The standard InChI is InChI=1S/C27H39N3O4S/c1-9-24(26(32)28-27(5,6)7)29(17-22-13-10-19(2)11-14-22)25(31)18-30(35(8,33)34)23-15-12-20(3)21(4)16-23/h10-16,24H,9,17-18H2,1-8H3,(H,28,32). The fourth-order valence-corrected chi connectivity index (χ4v) is 4.60. The summed E-state index contributed by atoms with van der Waals surface area (Å²) in [5.74, 6) is -0.706. The molecule has 1 unspecified atom stereocenters. The van der Waals surface area contributed by atoms with Crippen molar-refractivity contribution in [3.05, 3.63) is 64.7 Å². The second kappa shape index (κ2) is 11.2. The maximum atomic E-state index is 13.7. The van der Waals surface area contributed by atoms with E-state index in [4.69, 9.17) is 0 Å². The minimum atomic E-state index is -3.75. The van der Waals surface area contributed by atoms with Crippen molar-refractivity contribution in [3.8, 4) is 0 Å². The molecule has 2 rings (SSSR count). The van der Waals surface area contributed by atoms with Gasteiger partial charge in [0, 0.05) is 12.1 Å². The number of anilines is 1. The topological polar surface area (TPSA) is 86.8 Å². The summed E-state index contributed by atoms with van der Waals surface area (Å²) >= 11 is 0. The number of carbonyl (C=O) groups is 2. The van der Waals surface area contributed by atoms with E-state index in [1.54, 1.807) is 12.1 Å². The maximum Gasteiger partial charge on any atom is 0.244 e.